The molecule has 4 N–H and O–H groups in total. The molecule has 2 aromatic carbocycles. The van der Waals surface area contributed by atoms with Gasteiger partial charge in [0.15, 0.2) is 0 Å². The first kappa shape index (κ1) is 19.5. The highest BCUT2D eigenvalue weighted by Crippen LogP contribution is 2.30. The quantitative estimate of drug-likeness (QED) is 0.696. The van der Waals surface area contributed by atoms with Gasteiger partial charge in [-0.25, -0.2) is 9.59 Å². The van der Waals surface area contributed by atoms with Gasteiger partial charge in [0.05, 0.1) is 0 Å². The monoisotopic (exact) mass is 345 g/mol. The Morgan fingerprint density at radius 2 is 1.46 bits per heavy atom. The zero-order valence-corrected chi connectivity index (χ0v) is 13.8. The highest BCUT2D eigenvalue weighted by atomic mass is 32.2. The van der Waals surface area contributed by atoms with Crippen LogP contribution in [0.3, 0.4) is 0 Å². The van der Waals surface area contributed by atoms with E-state index in [0.717, 1.165) is 6.42 Å². The Hall–Kier alpha value is -2.57. The van der Waals surface area contributed by atoms with Crippen LogP contribution in [-0.2, 0) is 16.0 Å². The molecule has 0 saturated heterocycles. The van der Waals surface area contributed by atoms with Crippen molar-refractivity contribution in [3.8, 4) is 0 Å². The van der Waals surface area contributed by atoms with Crippen molar-refractivity contribution in [2.24, 2.45) is 5.73 Å². The van der Waals surface area contributed by atoms with E-state index in [1.165, 1.54) is 15.4 Å². The minimum atomic E-state index is -1.26. The number of hydrogen-bond donors (Lipinski definition) is 3. The molecule has 0 aromatic heterocycles. The highest BCUT2D eigenvalue weighted by molar-refractivity contribution is 7.99. The summed E-state index contributed by atoms with van der Waals surface area (Å²) in [6.45, 7) is 0.701. The van der Waals surface area contributed by atoms with E-state index in [1.807, 2.05) is 6.07 Å². The van der Waals surface area contributed by atoms with E-state index in [2.05, 4.69) is 48.5 Å². The van der Waals surface area contributed by atoms with Crippen LogP contribution < -0.4 is 5.73 Å². The molecule has 0 amide bonds. The van der Waals surface area contributed by atoms with Gasteiger partial charge in [-0.1, -0.05) is 48.2 Å². The molecule has 0 aliphatic heterocycles. The minimum absolute atomic E-state index is 0.558. The van der Waals surface area contributed by atoms with Gasteiger partial charge in [0.25, 0.3) is 0 Å². The van der Waals surface area contributed by atoms with Gasteiger partial charge in [-0.15, -0.1) is 0 Å². The fourth-order valence-electron chi connectivity index (χ4n) is 1.72. The molecule has 0 heterocycles. The van der Waals surface area contributed by atoms with Crippen molar-refractivity contribution >= 4 is 23.7 Å². The number of nitrogens with two attached hydrogens (primary N) is 1. The maximum absolute atomic E-state index is 9.55. The lowest BCUT2D eigenvalue weighted by atomic mass is 10.1. The SMILES string of the molecule is NCCc1ccccc1Sc1ccccc1.O=C(O)/C=C\C(=O)O. The molecular formula is C18H19NO4S. The number of carboxylic acids is 2. The molecule has 0 radical (unpaired) electrons. The summed E-state index contributed by atoms with van der Waals surface area (Å²) in [5.74, 6) is -2.51. The van der Waals surface area contributed by atoms with E-state index in [9.17, 15) is 9.59 Å². The van der Waals surface area contributed by atoms with Gasteiger partial charge >= 0.3 is 11.9 Å². The van der Waals surface area contributed by atoms with Crippen LogP contribution in [0, 0.1) is 0 Å². The van der Waals surface area contributed by atoms with E-state index >= 15 is 0 Å². The molecule has 0 fully saturated rings. The second-order valence-corrected chi connectivity index (χ2v) is 5.69. The lowest BCUT2D eigenvalue weighted by Gasteiger charge is -2.07. The Morgan fingerprint density at radius 1 is 0.917 bits per heavy atom. The van der Waals surface area contributed by atoms with Gasteiger partial charge in [-0.05, 0) is 36.7 Å². The van der Waals surface area contributed by atoms with Gasteiger partial charge in [-0.2, -0.15) is 0 Å². The molecule has 0 aliphatic rings. The van der Waals surface area contributed by atoms with Crippen molar-refractivity contribution < 1.29 is 19.8 Å². The van der Waals surface area contributed by atoms with Crippen LogP contribution in [0.1, 0.15) is 5.56 Å². The summed E-state index contributed by atoms with van der Waals surface area (Å²) in [7, 11) is 0. The Labute approximate surface area is 144 Å². The molecule has 0 spiro atoms. The molecule has 0 atom stereocenters. The average Bonchev–Trinajstić information content (AvgIpc) is 2.57. The predicted octanol–water partition coefficient (Wildman–Crippen LogP) is 3.05. The number of aliphatic carboxylic acids is 2. The lowest BCUT2D eigenvalue weighted by Crippen LogP contribution is -2.03. The van der Waals surface area contributed by atoms with Crippen molar-refractivity contribution in [3.63, 3.8) is 0 Å². The topological polar surface area (TPSA) is 101 Å². The summed E-state index contributed by atoms with van der Waals surface area (Å²) >= 11 is 1.80. The average molecular weight is 345 g/mol. The third-order valence-corrected chi connectivity index (χ3v) is 3.85. The van der Waals surface area contributed by atoms with Gasteiger partial charge in [0, 0.05) is 21.9 Å². The van der Waals surface area contributed by atoms with Crippen LogP contribution in [0.2, 0.25) is 0 Å². The summed E-state index contributed by atoms with van der Waals surface area (Å²) in [6.07, 6.45) is 2.06. The predicted molar refractivity (Wildman–Crippen MR) is 94.2 cm³/mol. The standard InChI is InChI=1S/C14H15NS.C4H4O4/c15-11-10-12-6-4-5-9-14(12)16-13-7-2-1-3-8-13;5-3(6)1-2-4(7)8/h1-9H,10-11,15H2;1-2H,(H,5,6)(H,7,8)/b;2-1-. The first-order valence-electron chi connectivity index (χ1n) is 7.17. The summed E-state index contributed by atoms with van der Waals surface area (Å²) in [5, 5.41) is 15.6. The summed E-state index contributed by atoms with van der Waals surface area (Å²) in [6, 6.07) is 18.9. The number of benzene rings is 2. The maximum atomic E-state index is 9.55. The van der Waals surface area contributed by atoms with Crippen molar-refractivity contribution in [1.82, 2.24) is 0 Å². The van der Waals surface area contributed by atoms with Gasteiger partial charge in [0.2, 0.25) is 0 Å². The number of carboxylic acid groups (broad SMARTS) is 2. The van der Waals surface area contributed by atoms with Crippen LogP contribution in [0.25, 0.3) is 0 Å². The first-order chi connectivity index (χ1) is 11.5. The molecule has 2 rings (SSSR count). The molecule has 0 bridgehead atoms. The Morgan fingerprint density at radius 3 is 2.00 bits per heavy atom. The number of rotatable bonds is 6. The van der Waals surface area contributed by atoms with E-state index in [4.69, 9.17) is 15.9 Å². The van der Waals surface area contributed by atoms with Crippen LogP contribution in [-0.4, -0.2) is 28.7 Å². The second-order valence-electron chi connectivity index (χ2n) is 4.57. The molecule has 24 heavy (non-hydrogen) atoms. The maximum Gasteiger partial charge on any atom is 0.328 e. The number of hydrogen-bond acceptors (Lipinski definition) is 4. The zero-order chi connectivity index (χ0) is 17.8. The lowest BCUT2D eigenvalue weighted by molar-refractivity contribution is -0.134. The third kappa shape index (κ3) is 8.17. The molecule has 0 aliphatic carbocycles. The molecule has 6 heteroatoms. The van der Waals surface area contributed by atoms with Crippen LogP contribution >= 0.6 is 11.8 Å². The van der Waals surface area contributed by atoms with Gasteiger partial charge in [-0.3, -0.25) is 0 Å². The van der Waals surface area contributed by atoms with Crippen molar-refractivity contribution in [2.75, 3.05) is 6.54 Å². The molecule has 5 nitrogen and oxygen atoms in total. The minimum Gasteiger partial charge on any atom is -0.478 e. The van der Waals surface area contributed by atoms with Crippen molar-refractivity contribution in [1.29, 1.82) is 0 Å². The van der Waals surface area contributed by atoms with Crippen LogP contribution in [0.5, 0.6) is 0 Å². The molecule has 126 valence electrons. The van der Waals surface area contributed by atoms with Crippen molar-refractivity contribution in [2.45, 2.75) is 16.2 Å². The first-order valence-corrected chi connectivity index (χ1v) is 7.99. The molecule has 0 unspecified atom stereocenters. The Kier molecular flexibility index (Phi) is 8.96. The van der Waals surface area contributed by atoms with Gasteiger partial charge in [0.1, 0.15) is 0 Å². The smallest absolute Gasteiger partial charge is 0.328 e. The second kappa shape index (κ2) is 11.0. The third-order valence-electron chi connectivity index (χ3n) is 2.73. The summed E-state index contributed by atoms with van der Waals surface area (Å²) in [4.78, 5) is 21.7. The van der Waals surface area contributed by atoms with Crippen molar-refractivity contribution in [3.05, 3.63) is 72.3 Å². The molecule has 2 aromatic rings. The normalized spacial score (nSPS) is 10.0. The molecular weight excluding hydrogens is 326 g/mol. The summed E-state index contributed by atoms with van der Waals surface area (Å²) in [5.41, 5.74) is 6.95. The zero-order valence-electron chi connectivity index (χ0n) is 13.0. The van der Waals surface area contributed by atoms with E-state index < -0.39 is 11.9 Å². The fraction of sp³-hybridized carbons (Fsp3) is 0.111. The Bertz CT molecular complexity index is 670. The van der Waals surface area contributed by atoms with Crippen LogP contribution in [0.15, 0.2) is 76.5 Å². The van der Waals surface area contributed by atoms with Crippen LogP contribution in [0.4, 0.5) is 0 Å². The van der Waals surface area contributed by atoms with E-state index in [-0.39, 0.29) is 0 Å². The highest BCUT2D eigenvalue weighted by Gasteiger charge is 2.02. The van der Waals surface area contributed by atoms with Gasteiger partial charge < -0.3 is 15.9 Å². The Balaban J connectivity index is 0.000000307. The summed E-state index contributed by atoms with van der Waals surface area (Å²) < 4.78 is 0. The van der Waals surface area contributed by atoms with E-state index in [1.54, 1.807) is 11.8 Å². The van der Waals surface area contributed by atoms with E-state index in [0.29, 0.717) is 18.7 Å². The molecule has 0 saturated carbocycles. The number of carbonyl (C=O) groups is 2. The fourth-order valence-corrected chi connectivity index (χ4v) is 2.72. The largest absolute Gasteiger partial charge is 0.478 e.